The number of hydrogen-bond acceptors (Lipinski definition) is 3. The number of carbonyl (C=O) groups excluding carboxylic acids is 1. The maximum Gasteiger partial charge on any atom is 0.322 e. The zero-order valence-electron chi connectivity index (χ0n) is 18.3. The van der Waals surface area contributed by atoms with E-state index >= 15 is 0 Å². The molecule has 0 fully saturated rings. The van der Waals surface area contributed by atoms with Crippen LogP contribution in [0.5, 0.6) is 11.5 Å². The fourth-order valence-electron chi connectivity index (χ4n) is 4.65. The molecule has 2 aliphatic heterocycles. The summed E-state index contributed by atoms with van der Waals surface area (Å²) in [5.41, 5.74) is 4.39. The van der Waals surface area contributed by atoms with Crippen LogP contribution in [0.25, 0.3) is 5.69 Å². The molecule has 3 heterocycles. The van der Waals surface area contributed by atoms with Gasteiger partial charge in [0, 0.05) is 23.6 Å². The third-order valence-electron chi connectivity index (χ3n) is 6.20. The Morgan fingerprint density at radius 1 is 0.912 bits per heavy atom. The Kier molecular flexibility index (Phi) is 4.95. The maximum atomic E-state index is 13.7. The second kappa shape index (κ2) is 8.26. The van der Waals surface area contributed by atoms with Crippen molar-refractivity contribution in [3.05, 3.63) is 108 Å². The van der Waals surface area contributed by atoms with Crippen molar-refractivity contribution in [3.8, 4) is 17.2 Å². The molecule has 0 bridgehead atoms. The third kappa shape index (κ3) is 3.55. The van der Waals surface area contributed by atoms with Crippen LogP contribution in [-0.2, 0) is 6.54 Å². The fourth-order valence-corrected chi connectivity index (χ4v) is 4.65. The Labute approximate surface area is 196 Å². The highest BCUT2D eigenvalue weighted by Crippen LogP contribution is 2.38. The number of hydrogen-bond donors (Lipinski definition) is 1. The van der Waals surface area contributed by atoms with Crippen molar-refractivity contribution in [1.82, 2.24) is 9.47 Å². The summed E-state index contributed by atoms with van der Waals surface area (Å²) >= 11 is 0. The average Bonchev–Trinajstić information content (AvgIpc) is 3.29. The van der Waals surface area contributed by atoms with Gasteiger partial charge in [0.15, 0.2) is 11.5 Å². The molecule has 7 heteroatoms. The number of rotatable bonds is 2. The third-order valence-corrected chi connectivity index (χ3v) is 6.20. The fraction of sp³-hybridized carbons (Fsp3) is 0.148. The first kappa shape index (κ1) is 20.4. The lowest BCUT2D eigenvalue weighted by atomic mass is 10.0. The molecule has 1 atom stereocenters. The molecule has 6 rings (SSSR count). The van der Waals surface area contributed by atoms with Gasteiger partial charge < -0.3 is 24.3 Å². The molecule has 0 saturated carbocycles. The van der Waals surface area contributed by atoms with Crippen LogP contribution >= 0.6 is 0 Å². The van der Waals surface area contributed by atoms with E-state index in [0.29, 0.717) is 36.9 Å². The van der Waals surface area contributed by atoms with Crippen LogP contribution < -0.4 is 14.8 Å². The van der Waals surface area contributed by atoms with E-state index in [1.54, 1.807) is 35.2 Å². The van der Waals surface area contributed by atoms with Gasteiger partial charge in [-0.2, -0.15) is 0 Å². The van der Waals surface area contributed by atoms with E-state index in [1.807, 2.05) is 42.6 Å². The molecule has 0 saturated heterocycles. The van der Waals surface area contributed by atoms with Crippen LogP contribution in [0, 0.1) is 5.82 Å². The van der Waals surface area contributed by atoms with E-state index < -0.39 is 6.04 Å². The molecule has 0 spiro atoms. The van der Waals surface area contributed by atoms with E-state index in [4.69, 9.17) is 9.47 Å². The molecule has 0 unspecified atom stereocenters. The smallest absolute Gasteiger partial charge is 0.322 e. The van der Waals surface area contributed by atoms with Gasteiger partial charge in [0.05, 0.1) is 18.3 Å². The molecular formula is C27H22FN3O3. The quantitative estimate of drug-likeness (QED) is 0.433. The second-order valence-corrected chi connectivity index (χ2v) is 8.30. The second-order valence-electron chi connectivity index (χ2n) is 8.30. The van der Waals surface area contributed by atoms with Gasteiger partial charge in [-0.15, -0.1) is 0 Å². The normalized spacial score (nSPS) is 16.3. The summed E-state index contributed by atoms with van der Waals surface area (Å²) in [5, 5.41) is 3.02. The lowest BCUT2D eigenvalue weighted by Crippen LogP contribution is -2.38. The number of benzene rings is 3. The summed E-state index contributed by atoms with van der Waals surface area (Å²) in [6.45, 7) is 1.36. The van der Waals surface area contributed by atoms with Crippen molar-refractivity contribution in [3.63, 3.8) is 0 Å². The number of halogens is 1. The monoisotopic (exact) mass is 455 g/mol. The van der Waals surface area contributed by atoms with Gasteiger partial charge in [-0.05, 0) is 53.6 Å². The zero-order valence-corrected chi connectivity index (χ0v) is 18.3. The Hall–Kier alpha value is -4.26. The van der Waals surface area contributed by atoms with Gasteiger partial charge in [0.2, 0.25) is 0 Å². The van der Waals surface area contributed by atoms with E-state index in [-0.39, 0.29) is 11.8 Å². The van der Waals surface area contributed by atoms with Crippen LogP contribution in [0.1, 0.15) is 22.9 Å². The van der Waals surface area contributed by atoms with Crippen LogP contribution in [0.2, 0.25) is 0 Å². The summed E-state index contributed by atoms with van der Waals surface area (Å²) in [7, 11) is 0. The Morgan fingerprint density at radius 3 is 2.56 bits per heavy atom. The van der Waals surface area contributed by atoms with Crippen LogP contribution in [-0.4, -0.2) is 28.7 Å². The average molecular weight is 455 g/mol. The zero-order chi connectivity index (χ0) is 23.1. The number of amides is 2. The Bertz CT molecular complexity index is 1370. The highest BCUT2D eigenvalue weighted by atomic mass is 19.1. The van der Waals surface area contributed by atoms with E-state index in [0.717, 1.165) is 22.5 Å². The largest absolute Gasteiger partial charge is 0.486 e. The molecule has 3 aromatic carbocycles. The number of ether oxygens (including phenoxy) is 2. The molecule has 2 aliphatic rings. The van der Waals surface area contributed by atoms with Crippen molar-refractivity contribution >= 4 is 11.7 Å². The summed E-state index contributed by atoms with van der Waals surface area (Å²) in [5.74, 6) is 0.951. The molecule has 0 radical (unpaired) electrons. The Morgan fingerprint density at radius 2 is 1.71 bits per heavy atom. The number of nitrogens with zero attached hydrogens (tertiary/aromatic N) is 2. The molecule has 2 amide bonds. The number of nitrogens with one attached hydrogen (secondary N) is 1. The summed E-state index contributed by atoms with van der Waals surface area (Å²) in [6, 6.07) is 23.0. The summed E-state index contributed by atoms with van der Waals surface area (Å²) in [4.78, 5) is 15.5. The first-order valence-electron chi connectivity index (χ1n) is 11.2. The molecule has 0 aliphatic carbocycles. The van der Waals surface area contributed by atoms with E-state index in [2.05, 4.69) is 9.88 Å². The van der Waals surface area contributed by atoms with Gasteiger partial charge in [-0.3, -0.25) is 0 Å². The molecule has 34 heavy (non-hydrogen) atoms. The molecule has 6 nitrogen and oxygen atoms in total. The van der Waals surface area contributed by atoms with Crippen LogP contribution in [0.4, 0.5) is 14.9 Å². The number of carbonyl (C=O) groups is 1. The molecule has 170 valence electrons. The first-order valence-corrected chi connectivity index (χ1v) is 11.2. The number of urea groups is 1. The topological polar surface area (TPSA) is 55.7 Å². The molecule has 4 aromatic rings. The predicted molar refractivity (Wildman–Crippen MR) is 126 cm³/mol. The lowest BCUT2D eigenvalue weighted by Gasteiger charge is -2.31. The Balaban J connectivity index is 1.42. The number of anilines is 1. The first-order chi connectivity index (χ1) is 16.7. The van der Waals surface area contributed by atoms with E-state index in [9.17, 15) is 9.18 Å². The minimum absolute atomic E-state index is 0.268. The van der Waals surface area contributed by atoms with Crippen LogP contribution in [0.15, 0.2) is 85.1 Å². The van der Waals surface area contributed by atoms with Crippen molar-refractivity contribution in [2.45, 2.75) is 12.6 Å². The molecular weight excluding hydrogens is 433 g/mol. The van der Waals surface area contributed by atoms with Crippen molar-refractivity contribution in [1.29, 1.82) is 0 Å². The van der Waals surface area contributed by atoms with Gasteiger partial charge in [-0.25, -0.2) is 9.18 Å². The molecule has 1 N–H and O–H groups in total. The summed E-state index contributed by atoms with van der Waals surface area (Å²) in [6.07, 6.45) is 1.99. The highest BCUT2D eigenvalue weighted by Gasteiger charge is 2.33. The highest BCUT2D eigenvalue weighted by molar-refractivity contribution is 5.90. The van der Waals surface area contributed by atoms with E-state index in [1.165, 1.54) is 12.1 Å². The number of para-hydroxylation sites is 1. The van der Waals surface area contributed by atoms with Crippen molar-refractivity contribution < 1.29 is 18.7 Å². The van der Waals surface area contributed by atoms with Crippen LogP contribution in [0.3, 0.4) is 0 Å². The van der Waals surface area contributed by atoms with Gasteiger partial charge in [0.1, 0.15) is 19.0 Å². The van der Waals surface area contributed by atoms with Gasteiger partial charge in [-0.1, -0.05) is 30.3 Å². The maximum absolute atomic E-state index is 13.7. The van der Waals surface area contributed by atoms with Gasteiger partial charge in [0.25, 0.3) is 0 Å². The summed E-state index contributed by atoms with van der Waals surface area (Å²) < 4.78 is 27.1. The van der Waals surface area contributed by atoms with Gasteiger partial charge >= 0.3 is 6.03 Å². The lowest BCUT2D eigenvalue weighted by molar-refractivity contribution is 0.171. The number of fused-ring (bicyclic) bond motifs is 4. The SMILES string of the molecule is O=C(Nc1ccc2c(c1)OCCO2)N1Cc2ccccc2-n2cccc2[C@H]1c1ccc(F)cc1. The minimum atomic E-state index is -0.416. The molecule has 1 aromatic heterocycles. The standard InChI is InChI=1S/C27H22FN3O3/c28-20-9-7-18(8-10-20)26-23-6-3-13-30(23)22-5-2-1-4-19(22)17-31(26)27(32)29-21-11-12-24-25(16-21)34-15-14-33-24/h1-13,16,26H,14-15,17H2,(H,29,32)/t26-/m1/s1. The van der Waals surface area contributed by atoms with Crippen molar-refractivity contribution in [2.24, 2.45) is 0 Å². The predicted octanol–water partition coefficient (Wildman–Crippen LogP) is 5.52. The number of aromatic nitrogens is 1. The van der Waals surface area contributed by atoms with Crippen molar-refractivity contribution in [2.75, 3.05) is 18.5 Å². The minimum Gasteiger partial charge on any atom is -0.486 e.